The van der Waals surface area contributed by atoms with E-state index in [1.807, 2.05) is 25.1 Å². The predicted octanol–water partition coefficient (Wildman–Crippen LogP) is 3.71. The van der Waals surface area contributed by atoms with Crippen molar-refractivity contribution in [2.24, 2.45) is 0 Å². The summed E-state index contributed by atoms with van der Waals surface area (Å²) in [6, 6.07) is 8.09. The Morgan fingerprint density at radius 1 is 1.24 bits per heavy atom. The average molecular weight is 282 g/mol. The quantitative estimate of drug-likeness (QED) is 0.900. The molecule has 0 atom stereocenters. The molecule has 2 aromatic rings. The minimum atomic E-state index is -0.886. The molecule has 21 heavy (non-hydrogen) atoms. The number of anilines is 2. The maximum atomic E-state index is 11.3. The highest BCUT2D eigenvalue weighted by Gasteiger charge is 2.21. The summed E-state index contributed by atoms with van der Waals surface area (Å²) in [5.41, 5.74) is 4.51. The number of nitrogens with one attached hydrogen (secondary N) is 1. The lowest BCUT2D eigenvalue weighted by Crippen LogP contribution is -2.14. The second-order valence-corrected chi connectivity index (χ2v) is 5.48. The number of carboxylic acids is 1. The van der Waals surface area contributed by atoms with E-state index in [-0.39, 0.29) is 0 Å². The van der Waals surface area contributed by atoms with Crippen molar-refractivity contribution in [3.05, 3.63) is 52.7 Å². The zero-order valence-corrected chi connectivity index (χ0v) is 12.0. The summed E-state index contributed by atoms with van der Waals surface area (Å²) < 4.78 is 0. The van der Waals surface area contributed by atoms with Gasteiger partial charge < -0.3 is 10.4 Å². The average Bonchev–Trinajstić information content (AvgIpc) is 2.47. The van der Waals surface area contributed by atoms with Crippen LogP contribution in [0.5, 0.6) is 0 Å². The number of hydrogen-bond donors (Lipinski definition) is 2. The van der Waals surface area contributed by atoms with Gasteiger partial charge >= 0.3 is 5.97 Å². The van der Waals surface area contributed by atoms with Crippen LogP contribution >= 0.6 is 0 Å². The van der Waals surface area contributed by atoms with Crippen LogP contribution in [0.3, 0.4) is 0 Å². The molecule has 0 aliphatic heterocycles. The third kappa shape index (κ3) is 2.75. The van der Waals surface area contributed by atoms with Crippen LogP contribution in [0.4, 0.5) is 11.5 Å². The van der Waals surface area contributed by atoms with E-state index in [4.69, 9.17) is 0 Å². The second-order valence-electron chi connectivity index (χ2n) is 5.48. The molecule has 1 aliphatic rings. The van der Waals surface area contributed by atoms with Crippen molar-refractivity contribution in [1.82, 2.24) is 4.98 Å². The molecular formula is C17H18N2O2. The highest BCUT2D eigenvalue weighted by Crippen LogP contribution is 2.30. The number of pyridine rings is 1. The van der Waals surface area contributed by atoms with Gasteiger partial charge in [-0.15, -0.1) is 0 Å². The van der Waals surface area contributed by atoms with Gasteiger partial charge in [-0.1, -0.05) is 12.1 Å². The first-order valence-electron chi connectivity index (χ1n) is 7.23. The third-order valence-corrected chi connectivity index (χ3v) is 3.91. The first kappa shape index (κ1) is 13.6. The van der Waals surface area contributed by atoms with E-state index in [1.54, 1.807) is 0 Å². The molecule has 2 N–H and O–H groups in total. The van der Waals surface area contributed by atoms with Crippen molar-refractivity contribution in [3.63, 3.8) is 0 Å². The Morgan fingerprint density at radius 2 is 2.00 bits per heavy atom. The van der Waals surface area contributed by atoms with Gasteiger partial charge in [0.15, 0.2) is 0 Å². The lowest BCUT2D eigenvalue weighted by atomic mass is 9.89. The van der Waals surface area contributed by atoms with Gasteiger partial charge in [-0.2, -0.15) is 0 Å². The number of aromatic carboxylic acids is 1. The number of rotatable bonds is 3. The monoisotopic (exact) mass is 282 g/mol. The maximum Gasteiger partial charge on any atom is 0.337 e. The molecule has 0 unspecified atom stereocenters. The van der Waals surface area contributed by atoms with E-state index < -0.39 is 5.97 Å². The highest BCUT2D eigenvalue weighted by atomic mass is 16.4. The van der Waals surface area contributed by atoms with Gasteiger partial charge in [0.05, 0.1) is 5.56 Å². The third-order valence-electron chi connectivity index (χ3n) is 3.91. The second kappa shape index (κ2) is 5.56. The van der Waals surface area contributed by atoms with Crippen molar-refractivity contribution in [2.45, 2.75) is 32.6 Å². The van der Waals surface area contributed by atoms with Gasteiger partial charge in [0.25, 0.3) is 0 Å². The van der Waals surface area contributed by atoms with Gasteiger partial charge in [-0.25, -0.2) is 9.78 Å². The van der Waals surface area contributed by atoms with E-state index in [2.05, 4.69) is 16.4 Å². The predicted molar refractivity (Wildman–Crippen MR) is 82.3 cm³/mol. The number of aromatic nitrogens is 1. The molecule has 4 heteroatoms. The molecule has 108 valence electrons. The van der Waals surface area contributed by atoms with Gasteiger partial charge in [0, 0.05) is 11.9 Å². The fourth-order valence-electron chi connectivity index (χ4n) is 2.90. The normalized spacial score (nSPS) is 13.6. The van der Waals surface area contributed by atoms with Gasteiger partial charge in [0.1, 0.15) is 5.82 Å². The summed E-state index contributed by atoms with van der Waals surface area (Å²) >= 11 is 0. The minimum absolute atomic E-state index is 0.347. The number of fused-ring (bicyclic) bond motifs is 1. The van der Waals surface area contributed by atoms with E-state index in [0.717, 1.165) is 48.3 Å². The Balaban J connectivity index is 2.01. The molecule has 3 rings (SSSR count). The molecule has 1 heterocycles. The van der Waals surface area contributed by atoms with Crippen molar-refractivity contribution >= 4 is 17.5 Å². The Bertz CT molecular complexity index is 695. The van der Waals surface area contributed by atoms with Crippen LogP contribution in [0.1, 0.15) is 39.9 Å². The molecule has 0 fully saturated rings. The molecule has 0 bridgehead atoms. The summed E-state index contributed by atoms with van der Waals surface area (Å²) in [5.74, 6) is -0.0944. The fourth-order valence-corrected chi connectivity index (χ4v) is 2.90. The SMILES string of the molecule is Cc1cccc(Nc2ncc(C(=O)O)c3c2CCCC3)c1. The minimum Gasteiger partial charge on any atom is -0.478 e. The summed E-state index contributed by atoms with van der Waals surface area (Å²) in [5, 5.41) is 12.6. The smallest absolute Gasteiger partial charge is 0.337 e. The number of hydrogen-bond acceptors (Lipinski definition) is 3. The summed E-state index contributed by atoms with van der Waals surface area (Å²) in [6.07, 6.45) is 5.31. The van der Waals surface area contributed by atoms with Crippen LogP contribution in [-0.4, -0.2) is 16.1 Å². The lowest BCUT2D eigenvalue weighted by molar-refractivity contribution is 0.0695. The molecular weight excluding hydrogens is 264 g/mol. The molecule has 0 spiro atoms. The van der Waals surface area contributed by atoms with E-state index in [9.17, 15) is 9.90 Å². The van der Waals surface area contributed by atoms with Crippen LogP contribution in [0.2, 0.25) is 0 Å². The molecule has 1 aromatic heterocycles. The highest BCUT2D eigenvalue weighted by molar-refractivity contribution is 5.90. The van der Waals surface area contributed by atoms with Crippen molar-refractivity contribution in [1.29, 1.82) is 0 Å². The van der Waals surface area contributed by atoms with Gasteiger partial charge in [-0.05, 0) is 61.4 Å². The first-order valence-corrected chi connectivity index (χ1v) is 7.23. The molecule has 0 amide bonds. The van der Waals surface area contributed by atoms with Gasteiger partial charge in [-0.3, -0.25) is 0 Å². The lowest BCUT2D eigenvalue weighted by Gasteiger charge is -2.21. The Hall–Kier alpha value is -2.36. The van der Waals surface area contributed by atoms with Crippen molar-refractivity contribution in [2.75, 3.05) is 5.32 Å². The number of aryl methyl sites for hydroxylation is 1. The molecule has 0 saturated carbocycles. The van der Waals surface area contributed by atoms with Crippen LogP contribution in [0, 0.1) is 6.92 Å². The Morgan fingerprint density at radius 3 is 2.71 bits per heavy atom. The maximum absolute atomic E-state index is 11.3. The number of benzene rings is 1. The van der Waals surface area contributed by atoms with Crippen molar-refractivity contribution < 1.29 is 9.90 Å². The van der Waals surface area contributed by atoms with Crippen LogP contribution in [0.25, 0.3) is 0 Å². The molecule has 1 aromatic carbocycles. The standard InChI is InChI=1S/C17H18N2O2/c1-11-5-4-6-12(9-11)19-16-14-8-3-2-7-13(14)15(10-18-16)17(20)21/h4-6,9-10H,2-3,7-8H2,1H3,(H,18,19)(H,20,21). The Labute approximate surface area is 123 Å². The topological polar surface area (TPSA) is 62.2 Å². The molecule has 4 nitrogen and oxygen atoms in total. The van der Waals surface area contributed by atoms with E-state index >= 15 is 0 Å². The first-order chi connectivity index (χ1) is 10.1. The number of carboxylic acid groups (broad SMARTS) is 1. The fraction of sp³-hybridized carbons (Fsp3) is 0.294. The summed E-state index contributed by atoms with van der Waals surface area (Å²) in [7, 11) is 0. The van der Waals surface area contributed by atoms with E-state index in [0.29, 0.717) is 5.56 Å². The van der Waals surface area contributed by atoms with Crippen LogP contribution in [0.15, 0.2) is 30.5 Å². The zero-order chi connectivity index (χ0) is 14.8. The van der Waals surface area contributed by atoms with Gasteiger partial charge in [0.2, 0.25) is 0 Å². The zero-order valence-electron chi connectivity index (χ0n) is 12.0. The van der Waals surface area contributed by atoms with Crippen LogP contribution in [-0.2, 0) is 12.8 Å². The van der Waals surface area contributed by atoms with Crippen molar-refractivity contribution in [3.8, 4) is 0 Å². The van der Waals surface area contributed by atoms with Crippen LogP contribution < -0.4 is 5.32 Å². The number of nitrogens with zero attached hydrogens (tertiary/aromatic N) is 1. The van der Waals surface area contributed by atoms with E-state index in [1.165, 1.54) is 11.8 Å². The number of carbonyl (C=O) groups is 1. The molecule has 0 radical (unpaired) electrons. The summed E-state index contributed by atoms with van der Waals surface area (Å²) in [4.78, 5) is 15.7. The summed E-state index contributed by atoms with van der Waals surface area (Å²) in [6.45, 7) is 2.04. The largest absolute Gasteiger partial charge is 0.478 e. The molecule has 1 aliphatic carbocycles. The molecule has 0 saturated heterocycles. The Kier molecular flexibility index (Phi) is 3.60.